The molecule has 0 radical (unpaired) electrons. The predicted octanol–water partition coefficient (Wildman–Crippen LogP) is 4.39. The van der Waals surface area contributed by atoms with Crippen molar-refractivity contribution < 1.29 is 9.13 Å². The Kier molecular flexibility index (Phi) is 4.63. The number of rotatable bonds is 4. The molecule has 2 aromatic rings. The molecule has 0 bridgehead atoms. The van der Waals surface area contributed by atoms with Crippen LogP contribution < -0.4 is 10.5 Å². The Morgan fingerprint density at radius 3 is 2.70 bits per heavy atom. The Labute approximate surface area is 123 Å². The second-order valence-corrected chi connectivity index (χ2v) is 5.23. The first kappa shape index (κ1) is 14.8. The largest absolute Gasteiger partial charge is 0.488 e. The fourth-order valence-corrected chi connectivity index (χ4v) is 2.19. The van der Waals surface area contributed by atoms with E-state index in [2.05, 4.69) is 0 Å². The van der Waals surface area contributed by atoms with Crippen molar-refractivity contribution in [1.82, 2.24) is 0 Å². The van der Waals surface area contributed by atoms with Crippen LogP contribution in [0.3, 0.4) is 0 Å². The van der Waals surface area contributed by atoms with Crippen LogP contribution in [0.25, 0.3) is 0 Å². The van der Waals surface area contributed by atoms with E-state index in [0.29, 0.717) is 16.3 Å². The highest BCUT2D eigenvalue weighted by atomic mass is 35.5. The second-order valence-electron chi connectivity index (χ2n) is 4.82. The van der Waals surface area contributed by atoms with E-state index in [9.17, 15) is 4.39 Å². The van der Waals surface area contributed by atoms with E-state index in [1.165, 1.54) is 6.07 Å². The zero-order chi connectivity index (χ0) is 14.7. The molecule has 0 aliphatic carbocycles. The van der Waals surface area contributed by atoms with Crippen molar-refractivity contribution in [2.24, 2.45) is 5.73 Å². The maximum absolute atomic E-state index is 13.7. The zero-order valence-electron chi connectivity index (χ0n) is 11.5. The molecule has 0 amide bonds. The monoisotopic (exact) mass is 293 g/mol. The van der Waals surface area contributed by atoms with E-state index in [0.717, 1.165) is 11.1 Å². The number of aryl methyl sites for hydroxylation is 1. The van der Waals surface area contributed by atoms with Gasteiger partial charge in [-0.1, -0.05) is 35.4 Å². The van der Waals surface area contributed by atoms with Gasteiger partial charge in [0.25, 0.3) is 0 Å². The van der Waals surface area contributed by atoms with Gasteiger partial charge >= 0.3 is 0 Å². The van der Waals surface area contributed by atoms with Crippen LogP contribution in [0.2, 0.25) is 5.02 Å². The molecular formula is C16H17ClFNO. The van der Waals surface area contributed by atoms with Crippen molar-refractivity contribution in [1.29, 1.82) is 0 Å². The molecular weight excluding hydrogens is 277 g/mol. The molecule has 0 aromatic heterocycles. The van der Waals surface area contributed by atoms with Gasteiger partial charge in [0.05, 0.1) is 5.02 Å². The first-order valence-electron chi connectivity index (χ1n) is 6.41. The van der Waals surface area contributed by atoms with Crippen LogP contribution >= 0.6 is 11.6 Å². The van der Waals surface area contributed by atoms with Crippen LogP contribution in [0.1, 0.15) is 29.7 Å². The molecule has 0 heterocycles. The summed E-state index contributed by atoms with van der Waals surface area (Å²) >= 11 is 5.98. The van der Waals surface area contributed by atoms with E-state index in [1.54, 1.807) is 12.1 Å². The summed E-state index contributed by atoms with van der Waals surface area (Å²) in [4.78, 5) is 0. The average Bonchev–Trinajstić information content (AvgIpc) is 2.39. The summed E-state index contributed by atoms with van der Waals surface area (Å²) in [5, 5.41) is 0.361. The minimum atomic E-state index is -0.369. The topological polar surface area (TPSA) is 35.2 Å². The highest BCUT2D eigenvalue weighted by Crippen LogP contribution is 2.27. The number of nitrogens with two attached hydrogens (primary N) is 1. The van der Waals surface area contributed by atoms with E-state index >= 15 is 0 Å². The first-order chi connectivity index (χ1) is 9.49. The SMILES string of the molecule is Cc1ccc(OCc2c(F)cccc2Cl)c([C@H](C)N)c1. The molecule has 106 valence electrons. The molecule has 0 spiro atoms. The third kappa shape index (κ3) is 3.30. The second kappa shape index (κ2) is 6.25. The molecule has 0 unspecified atom stereocenters. The summed E-state index contributed by atoms with van der Waals surface area (Å²) < 4.78 is 19.4. The van der Waals surface area contributed by atoms with Crippen LogP contribution in [0.5, 0.6) is 5.75 Å². The van der Waals surface area contributed by atoms with Crippen molar-refractivity contribution in [3.8, 4) is 5.75 Å². The lowest BCUT2D eigenvalue weighted by Gasteiger charge is -2.15. The molecule has 0 saturated carbocycles. The third-order valence-electron chi connectivity index (χ3n) is 3.09. The summed E-state index contributed by atoms with van der Waals surface area (Å²) in [5.74, 6) is 0.289. The normalized spacial score (nSPS) is 12.2. The molecule has 0 saturated heterocycles. The molecule has 4 heteroatoms. The number of hydrogen-bond acceptors (Lipinski definition) is 2. The van der Waals surface area contributed by atoms with Crippen molar-refractivity contribution in [3.63, 3.8) is 0 Å². The molecule has 0 aliphatic rings. The Bertz CT molecular complexity index is 593. The van der Waals surface area contributed by atoms with Gasteiger partial charge in [-0.25, -0.2) is 4.39 Å². The van der Waals surface area contributed by atoms with Crippen LogP contribution in [0.15, 0.2) is 36.4 Å². The standard InChI is InChI=1S/C16H17ClFNO/c1-10-6-7-16(12(8-10)11(2)19)20-9-13-14(17)4-3-5-15(13)18/h3-8,11H,9,19H2,1-2H3/t11-/m0/s1. The summed E-state index contributed by atoms with van der Waals surface area (Å²) in [5.41, 5.74) is 8.29. The van der Waals surface area contributed by atoms with Gasteiger partial charge in [-0.3, -0.25) is 0 Å². The van der Waals surface area contributed by atoms with Gasteiger partial charge in [-0.2, -0.15) is 0 Å². The van der Waals surface area contributed by atoms with Gasteiger partial charge in [0.2, 0.25) is 0 Å². The quantitative estimate of drug-likeness (QED) is 0.907. The van der Waals surface area contributed by atoms with E-state index in [4.69, 9.17) is 22.1 Å². The molecule has 0 fully saturated rings. The molecule has 2 aromatic carbocycles. The van der Waals surface area contributed by atoms with Gasteiger partial charge in [-0.05, 0) is 32.0 Å². The van der Waals surface area contributed by atoms with Crippen LogP contribution in [-0.4, -0.2) is 0 Å². The number of hydrogen-bond donors (Lipinski definition) is 1. The lowest BCUT2D eigenvalue weighted by molar-refractivity contribution is 0.295. The molecule has 0 aliphatic heterocycles. The van der Waals surface area contributed by atoms with Gasteiger partial charge < -0.3 is 10.5 Å². The summed E-state index contributed by atoms with van der Waals surface area (Å²) in [6, 6.07) is 10.2. The Morgan fingerprint density at radius 1 is 1.30 bits per heavy atom. The number of benzene rings is 2. The lowest BCUT2D eigenvalue weighted by Crippen LogP contribution is -2.09. The first-order valence-corrected chi connectivity index (χ1v) is 6.78. The minimum absolute atomic E-state index is 0.0777. The van der Waals surface area contributed by atoms with Crippen molar-refractivity contribution >= 4 is 11.6 Å². The molecule has 2 N–H and O–H groups in total. The minimum Gasteiger partial charge on any atom is -0.488 e. The Hall–Kier alpha value is -1.58. The Morgan fingerprint density at radius 2 is 2.05 bits per heavy atom. The third-order valence-corrected chi connectivity index (χ3v) is 3.44. The zero-order valence-corrected chi connectivity index (χ0v) is 12.2. The molecule has 2 nitrogen and oxygen atoms in total. The highest BCUT2D eigenvalue weighted by molar-refractivity contribution is 6.31. The summed E-state index contributed by atoms with van der Waals surface area (Å²) in [6.45, 7) is 3.95. The average molecular weight is 294 g/mol. The molecule has 20 heavy (non-hydrogen) atoms. The Balaban J connectivity index is 2.23. The van der Waals surface area contributed by atoms with Gasteiger partial charge in [0.15, 0.2) is 0 Å². The van der Waals surface area contributed by atoms with Gasteiger partial charge in [0.1, 0.15) is 18.2 Å². The van der Waals surface area contributed by atoms with E-state index in [-0.39, 0.29) is 18.5 Å². The summed E-state index contributed by atoms with van der Waals surface area (Å²) in [6.07, 6.45) is 0. The van der Waals surface area contributed by atoms with Crippen molar-refractivity contribution in [3.05, 3.63) is 63.9 Å². The van der Waals surface area contributed by atoms with E-state index in [1.807, 2.05) is 32.0 Å². The smallest absolute Gasteiger partial charge is 0.131 e. The number of ether oxygens (including phenoxy) is 1. The lowest BCUT2D eigenvalue weighted by atomic mass is 10.1. The van der Waals surface area contributed by atoms with Crippen LogP contribution in [-0.2, 0) is 6.61 Å². The fourth-order valence-electron chi connectivity index (χ4n) is 1.98. The van der Waals surface area contributed by atoms with Crippen molar-refractivity contribution in [2.75, 3.05) is 0 Å². The molecule has 1 atom stereocenters. The van der Waals surface area contributed by atoms with Gasteiger partial charge in [0, 0.05) is 17.2 Å². The maximum atomic E-state index is 13.7. The van der Waals surface area contributed by atoms with Crippen LogP contribution in [0.4, 0.5) is 4.39 Å². The predicted molar refractivity (Wildman–Crippen MR) is 79.5 cm³/mol. The maximum Gasteiger partial charge on any atom is 0.131 e. The highest BCUT2D eigenvalue weighted by Gasteiger charge is 2.11. The molecule has 2 rings (SSSR count). The van der Waals surface area contributed by atoms with E-state index < -0.39 is 0 Å². The van der Waals surface area contributed by atoms with Gasteiger partial charge in [-0.15, -0.1) is 0 Å². The summed E-state index contributed by atoms with van der Waals surface area (Å²) in [7, 11) is 0. The van der Waals surface area contributed by atoms with Crippen molar-refractivity contribution in [2.45, 2.75) is 26.5 Å². The number of halogens is 2. The fraction of sp³-hybridized carbons (Fsp3) is 0.250. The van der Waals surface area contributed by atoms with Crippen LogP contribution in [0, 0.1) is 12.7 Å².